The zero-order valence-electron chi connectivity index (χ0n) is 10.5. The monoisotopic (exact) mass is 268 g/mol. The molecule has 0 saturated carbocycles. The van der Waals surface area contributed by atoms with Gasteiger partial charge in [-0.05, 0) is 29.8 Å². The third kappa shape index (κ3) is 2.84. The summed E-state index contributed by atoms with van der Waals surface area (Å²) in [4.78, 5) is 10.5. The van der Waals surface area contributed by atoms with Crippen molar-refractivity contribution in [2.75, 3.05) is 11.1 Å². The largest absolute Gasteiger partial charge is 0.399 e. The van der Waals surface area contributed by atoms with E-state index < -0.39 is 4.92 Å². The standard InChI is InChI=1S/C14H12N4O2/c15-8-11-2-1-3-13(14(11)18(19)20)17-9-10-4-6-12(16)7-5-10/h1-7,17H,9,16H2. The van der Waals surface area contributed by atoms with Crippen LogP contribution in [0, 0.1) is 21.4 Å². The minimum atomic E-state index is -0.552. The first-order chi connectivity index (χ1) is 9.61. The van der Waals surface area contributed by atoms with Crippen molar-refractivity contribution in [1.29, 1.82) is 5.26 Å². The molecule has 0 fully saturated rings. The van der Waals surface area contributed by atoms with E-state index in [0.717, 1.165) is 5.56 Å². The number of hydrogen-bond acceptors (Lipinski definition) is 5. The Morgan fingerprint density at radius 3 is 2.55 bits per heavy atom. The van der Waals surface area contributed by atoms with Gasteiger partial charge in [0.05, 0.1) is 4.92 Å². The average molecular weight is 268 g/mol. The van der Waals surface area contributed by atoms with Gasteiger partial charge in [-0.2, -0.15) is 5.26 Å². The summed E-state index contributed by atoms with van der Waals surface area (Å²) in [6, 6.07) is 13.6. The number of para-hydroxylation sites is 1. The van der Waals surface area contributed by atoms with Crippen molar-refractivity contribution in [3.63, 3.8) is 0 Å². The third-order valence-electron chi connectivity index (χ3n) is 2.80. The van der Waals surface area contributed by atoms with Crippen LogP contribution in [0.25, 0.3) is 0 Å². The molecule has 0 aliphatic rings. The van der Waals surface area contributed by atoms with Gasteiger partial charge in [-0.3, -0.25) is 10.1 Å². The quantitative estimate of drug-likeness (QED) is 0.504. The summed E-state index contributed by atoms with van der Waals surface area (Å²) in [7, 11) is 0. The molecule has 20 heavy (non-hydrogen) atoms. The van der Waals surface area contributed by atoms with Crippen molar-refractivity contribution in [1.82, 2.24) is 0 Å². The Labute approximate surface area is 115 Å². The van der Waals surface area contributed by atoms with Crippen LogP contribution in [-0.2, 0) is 6.54 Å². The third-order valence-corrected chi connectivity index (χ3v) is 2.80. The lowest BCUT2D eigenvalue weighted by Crippen LogP contribution is -2.04. The van der Waals surface area contributed by atoms with Crippen LogP contribution in [0.15, 0.2) is 42.5 Å². The number of nitrogens with one attached hydrogen (secondary N) is 1. The summed E-state index contributed by atoms with van der Waals surface area (Å²) in [6.07, 6.45) is 0. The number of benzene rings is 2. The van der Waals surface area contributed by atoms with Crippen molar-refractivity contribution in [2.45, 2.75) is 6.54 Å². The molecule has 2 aromatic carbocycles. The van der Waals surface area contributed by atoms with Gasteiger partial charge in [0.1, 0.15) is 17.3 Å². The van der Waals surface area contributed by atoms with E-state index in [2.05, 4.69) is 5.32 Å². The molecule has 0 aliphatic heterocycles. The molecule has 0 amide bonds. The molecule has 6 heteroatoms. The molecule has 3 N–H and O–H groups in total. The van der Waals surface area contributed by atoms with Crippen LogP contribution in [0.4, 0.5) is 17.1 Å². The summed E-state index contributed by atoms with van der Waals surface area (Å²) in [6.45, 7) is 0.413. The summed E-state index contributed by atoms with van der Waals surface area (Å²) >= 11 is 0. The number of nitro groups is 1. The molecule has 6 nitrogen and oxygen atoms in total. The Morgan fingerprint density at radius 1 is 1.25 bits per heavy atom. The molecule has 0 radical (unpaired) electrons. The van der Waals surface area contributed by atoms with Gasteiger partial charge >= 0.3 is 5.69 Å². The molecule has 0 spiro atoms. The fraction of sp³-hybridized carbons (Fsp3) is 0.0714. The van der Waals surface area contributed by atoms with Crippen LogP contribution >= 0.6 is 0 Å². The van der Waals surface area contributed by atoms with Gasteiger partial charge in [-0.1, -0.05) is 18.2 Å². The number of nitrogen functional groups attached to an aromatic ring is 1. The second kappa shape index (κ2) is 5.71. The predicted molar refractivity (Wildman–Crippen MR) is 76.0 cm³/mol. The van der Waals surface area contributed by atoms with Crippen LogP contribution in [-0.4, -0.2) is 4.92 Å². The lowest BCUT2D eigenvalue weighted by atomic mass is 10.1. The number of nitriles is 1. The van der Waals surface area contributed by atoms with Crippen molar-refractivity contribution in [2.24, 2.45) is 0 Å². The summed E-state index contributed by atoms with van der Waals surface area (Å²) in [5, 5.41) is 22.9. The summed E-state index contributed by atoms with van der Waals surface area (Å²) in [5.74, 6) is 0. The smallest absolute Gasteiger partial charge is 0.309 e. The molecule has 100 valence electrons. The van der Waals surface area contributed by atoms with E-state index in [9.17, 15) is 10.1 Å². The SMILES string of the molecule is N#Cc1cccc(NCc2ccc(N)cc2)c1[N+](=O)[O-]. The molecule has 0 heterocycles. The van der Waals surface area contributed by atoms with E-state index >= 15 is 0 Å². The highest BCUT2D eigenvalue weighted by Crippen LogP contribution is 2.28. The Hall–Kier alpha value is -3.07. The van der Waals surface area contributed by atoms with Crippen molar-refractivity contribution in [3.05, 3.63) is 63.7 Å². The van der Waals surface area contributed by atoms with Crippen LogP contribution in [0.1, 0.15) is 11.1 Å². The van der Waals surface area contributed by atoms with E-state index in [1.165, 1.54) is 6.07 Å². The first-order valence-electron chi connectivity index (χ1n) is 5.87. The molecule has 0 aromatic heterocycles. The first-order valence-corrected chi connectivity index (χ1v) is 5.87. The lowest BCUT2D eigenvalue weighted by Gasteiger charge is -2.08. The lowest BCUT2D eigenvalue weighted by molar-refractivity contribution is -0.384. The first kappa shape index (κ1) is 13.4. The van der Waals surface area contributed by atoms with Gasteiger partial charge in [-0.15, -0.1) is 0 Å². The highest BCUT2D eigenvalue weighted by Gasteiger charge is 2.19. The molecule has 0 bridgehead atoms. The molecule has 0 saturated heterocycles. The maximum absolute atomic E-state index is 11.1. The van der Waals surface area contributed by atoms with Gasteiger partial charge in [-0.25, -0.2) is 0 Å². The highest BCUT2D eigenvalue weighted by atomic mass is 16.6. The second-order valence-corrected chi connectivity index (χ2v) is 4.17. The number of anilines is 2. The minimum Gasteiger partial charge on any atom is -0.399 e. The zero-order chi connectivity index (χ0) is 14.5. The fourth-order valence-corrected chi connectivity index (χ4v) is 1.81. The van der Waals surface area contributed by atoms with Gasteiger partial charge in [0.2, 0.25) is 0 Å². The van der Waals surface area contributed by atoms with E-state index in [-0.39, 0.29) is 11.3 Å². The van der Waals surface area contributed by atoms with Crippen molar-refractivity contribution in [3.8, 4) is 6.07 Å². The fourth-order valence-electron chi connectivity index (χ4n) is 1.81. The van der Waals surface area contributed by atoms with E-state index in [4.69, 9.17) is 11.0 Å². The maximum Gasteiger partial charge on any atom is 0.309 e. The number of nitro benzene ring substituents is 1. The van der Waals surface area contributed by atoms with Crippen LogP contribution in [0.2, 0.25) is 0 Å². The molecule has 2 aromatic rings. The van der Waals surface area contributed by atoms with Crippen molar-refractivity contribution >= 4 is 17.1 Å². The molecule has 2 rings (SSSR count). The van der Waals surface area contributed by atoms with E-state index in [1.807, 2.05) is 18.2 Å². The topological polar surface area (TPSA) is 105 Å². The van der Waals surface area contributed by atoms with Crippen LogP contribution < -0.4 is 11.1 Å². The number of rotatable bonds is 4. The average Bonchev–Trinajstić information content (AvgIpc) is 2.46. The molecular weight excluding hydrogens is 256 g/mol. The Kier molecular flexibility index (Phi) is 3.82. The van der Waals surface area contributed by atoms with Crippen LogP contribution in [0.3, 0.4) is 0 Å². The molecular formula is C14H12N4O2. The minimum absolute atomic E-state index is 0.0392. The number of nitrogens with two attached hydrogens (primary N) is 1. The van der Waals surface area contributed by atoms with Gasteiger partial charge in [0, 0.05) is 12.2 Å². The van der Waals surface area contributed by atoms with Gasteiger partial charge in [0.25, 0.3) is 0 Å². The van der Waals surface area contributed by atoms with Crippen LogP contribution in [0.5, 0.6) is 0 Å². The van der Waals surface area contributed by atoms with E-state index in [1.54, 1.807) is 24.3 Å². The van der Waals surface area contributed by atoms with Gasteiger partial charge in [0.15, 0.2) is 0 Å². The summed E-state index contributed by atoms with van der Waals surface area (Å²) < 4.78 is 0. The number of nitrogens with zero attached hydrogens (tertiary/aromatic N) is 2. The predicted octanol–water partition coefficient (Wildman–Crippen LogP) is 2.66. The van der Waals surface area contributed by atoms with Gasteiger partial charge < -0.3 is 11.1 Å². The second-order valence-electron chi connectivity index (χ2n) is 4.17. The number of hydrogen-bond donors (Lipinski definition) is 2. The highest BCUT2D eigenvalue weighted by molar-refractivity contribution is 5.68. The van der Waals surface area contributed by atoms with Crippen molar-refractivity contribution < 1.29 is 4.92 Å². The van der Waals surface area contributed by atoms with E-state index in [0.29, 0.717) is 17.9 Å². The Morgan fingerprint density at radius 2 is 1.95 bits per heavy atom. The molecule has 0 aliphatic carbocycles. The maximum atomic E-state index is 11.1. The summed E-state index contributed by atoms with van der Waals surface area (Å²) in [5.41, 5.74) is 7.35. The zero-order valence-corrected chi connectivity index (χ0v) is 10.5. The normalized spacial score (nSPS) is 9.75. The Bertz CT molecular complexity index is 675. The Balaban J connectivity index is 2.23. The molecule has 0 unspecified atom stereocenters. The molecule has 0 atom stereocenters.